The summed E-state index contributed by atoms with van der Waals surface area (Å²) < 4.78 is 24.5. The van der Waals surface area contributed by atoms with Gasteiger partial charge < -0.3 is 28.5 Å². The molecule has 2 aromatic heterocycles. The van der Waals surface area contributed by atoms with Gasteiger partial charge in [0.15, 0.2) is 6.10 Å². The van der Waals surface area contributed by atoms with Gasteiger partial charge in [-0.1, -0.05) is 36.4 Å². The van der Waals surface area contributed by atoms with Gasteiger partial charge in [0, 0.05) is 74.0 Å². The third-order valence-electron chi connectivity index (χ3n) is 8.03. The van der Waals surface area contributed by atoms with Crippen molar-refractivity contribution in [3.05, 3.63) is 72.1 Å². The Kier molecular flexibility index (Phi) is 7.75. The van der Waals surface area contributed by atoms with Gasteiger partial charge in [-0.25, -0.2) is 0 Å². The summed E-state index contributed by atoms with van der Waals surface area (Å²) in [7, 11) is 1.45. The van der Waals surface area contributed by atoms with Crippen molar-refractivity contribution in [3.8, 4) is 0 Å². The molecule has 2 aliphatic heterocycles. The smallest absolute Gasteiger partial charge is 0.303 e. The summed E-state index contributed by atoms with van der Waals surface area (Å²) in [6, 6.07) is 14.9. The van der Waals surface area contributed by atoms with Crippen LogP contribution in [0, 0.1) is 0 Å². The van der Waals surface area contributed by atoms with Crippen molar-refractivity contribution in [1.82, 2.24) is 14.5 Å². The van der Waals surface area contributed by atoms with Crippen LogP contribution in [0.25, 0.3) is 33.0 Å². The van der Waals surface area contributed by atoms with Crippen LogP contribution in [-0.4, -0.2) is 76.1 Å². The van der Waals surface area contributed by atoms with Crippen LogP contribution in [0.5, 0.6) is 0 Å². The minimum absolute atomic E-state index is 0.0767. The van der Waals surface area contributed by atoms with E-state index >= 15 is 0 Å². The average molecular weight is 614 g/mol. The number of aromatic amines is 1. The zero-order valence-corrected chi connectivity index (χ0v) is 25.1. The monoisotopic (exact) mass is 613 g/mol. The van der Waals surface area contributed by atoms with Gasteiger partial charge >= 0.3 is 17.9 Å². The van der Waals surface area contributed by atoms with Crippen LogP contribution in [-0.2, 0) is 42.9 Å². The lowest BCUT2D eigenvalue weighted by Gasteiger charge is -2.40. The number of esters is 3. The zero-order valence-electron chi connectivity index (χ0n) is 25.1. The lowest BCUT2D eigenvalue weighted by atomic mass is 9.95. The van der Waals surface area contributed by atoms with Crippen molar-refractivity contribution in [1.29, 1.82) is 0 Å². The third-order valence-corrected chi connectivity index (χ3v) is 8.03. The van der Waals surface area contributed by atoms with Crippen molar-refractivity contribution in [3.63, 3.8) is 0 Å². The second-order valence-corrected chi connectivity index (χ2v) is 11.0. The predicted octanol–water partition coefficient (Wildman–Crippen LogP) is 3.75. The van der Waals surface area contributed by atoms with Crippen LogP contribution >= 0.6 is 0 Å². The summed E-state index contributed by atoms with van der Waals surface area (Å²) in [5.41, 5.74) is 3.13. The van der Waals surface area contributed by atoms with Gasteiger partial charge in [0.1, 0.15) is 25.0 Å². The number of ether oxygens (including phenoxy) is 4. The summed E-state index contributed by atoms with van der Waals surface area (Å²) in [6.07, 6.45) is -0.211. The molecule has 4 heterocycles. The van der Waals surface area contributed by atoms with Gasteiger partial charge in [-0.3, -0.25) is 28.9 Å². The number of para-hydroxylation sites is 2. The van der Waals surface area contributed by atoms with E-state index in [0.717, 1.165) is 15.8 Å². The van der Waals surface area contributed by atoms with Gasteiger partial charge in [-0.15, -0.1) is 0 Å². The molecule has 1 saturated heterocycles. The van der Waals surface area contributed by atoms with Gasteiger partial charge in [0.05, 0.1) is 16.7 Å². The molecule has 12 nitrogen and oxygen atoms in total. The fraction of sp³-hybridized carbons (Fsp3) is 0.303. The molecule has 0 unspecified atom stereocenters. The molecule has 0 saturated carbocycles. The zero-order chi connectivity index (χ0) is 32.0. The standard InChI is InChI=1S/C33H31N3O9/c1-17(37)42-16-27-31(44-19(3)39)26(43-18(2)38)13-28(45-27)36-15-23(21-10-6-8-12-25(21)36)30-29(32(40)35(4)33(30)41)22-14-34-24-11-7-5-9-20(22)24/h5-12,14-15,26-28,31,34H,13,16H2,1-4H3/t26-,27-,28-,31+/m1/s1. The number of benzene rings is 2. The number of carbonyl (C=O) groups excluding carboxylic acids is 5. The van der Waals surface area contributed by atoms with E-state index in [0.29, 0.717) is 22.0 Å². The minimum Gasteiger partial charge on any atom is -0.463 e. The number of H-pyrrole nitrogens is 1. The molecule has 6 rings (SSSR count). The Morgan fingerprint density at radius 1 is 0.867 bits per heavy atom. The number of carbonyl (C=O) groups is 5. The quantitative estimate of drug-likeness (QED) is 0.187. The molecule has 45 heavy (non-hydrogen) atoms. The van der Waals surface area contributed by atoms with Crippen LogP contribution in [0.15, 0.2) is 60.9 Å². The fourth-order valence-electron chi connectivity index (χ4n) is 6.15. The van der Waals surface area contributed by atoms with E-state index in [1.165, 1.54) is 27.8 Å². The highest BCUT2D eigenvalue weighted by atomic mass is 16.6. The first-order chi connectivity index (χ1) is 21.5. The van der Waals surface area contributed by atoms with E-state index in [1.54, 1.807) is 17.0 Å². The Bertz CT molecular complexity index is 1900. The van der Waals surface area contributed by atoms with Crippen molar-refractivity contribution in [2.45, 2.75) is 51.7 Å². The number of nitrogens with zero attached hydrogens (tertiary/aromatic N) is 2. The number of hydrogen-bond donors (Lipinski definition) is 1. The molecule has 2 aliphatic rings. The molecule has 12 heteroatoms. The second kappa shape index (κ2) is 11.7. The Morgan fingerprint density at radius 3 is 2.20 bits per heavy atom. The summed E-state index contributed by atoms with van der Waals surface area (Å²) >= 11 is 0. The summed E-state index contributed by atoms with van der Waals surface area (Å²) in [5.74, 6) is -2.65. The van der Waals surface area contributed by atoms with Gasteiger partial charge in [-0.05, 0) is 12.1 Å². The fourth-order valence-corrected chi connectivity index (χ4v) is 6.15. The molecule has 0 spiro atoms. The number of fused-ring (bicyclic) bond motifs is 2. The van der Waals surface area contributed by atoms with Crippen molar-refractivity contribution in [2.24, 2.45) is 0 Å². The second-order valence-electron chi connectivity index (χ2n) is 11.0. The molecule has 0 bridgehead atoms. The maximum atomic E-state index is 13.7. The van der Waals surface area contributed by atoms with Crippen LogP contribution in [0.2, 0.25) is 0 Å². The highest BCUT2D eigenvalue weighted by Crippen LogP contribution is 2.42. The van der Waals surface area contributed by atoms with E-state index in [-0.39, 0.29) is 24.2 Å². The molecule has 2 amide bonds. The SMILES string of the molecule is CC(=O)OC[C@H]1O[C@@H](n2cc(C3=C(c4c[nH]c5ccccc45)C(=O)N(C)C3=O)c3ccccc32)C[C@@H](OC(C)=O)[C@@H]1OC(C)=O. The molecule has 4 atom stereocenters. The lowest BCUT2D eigenvalue weighted by Crippen LogP contribution is -2.52. The molecule has 1 N–H and O–H groups in total. The molecule has 0 aliphatic carbocycles. The third kappa shape index (κ3) is 5.37. The molecule has 232 valence electrons. The maximum Gasteiger partial charge on any atom is 0.303 e. The first kappa shape index (κ1) is 29.8. The lowest BCUT2D eigenvalue weighted by molar-refractivity contribution is -0.226. The minimum atomic E-state index is -1.04. The first-order valence-electron chi connectivity index (χ1n) is 14.4. The number of hydrogen-bond acceptors (Lipinski definition) is 9. The first-order valence-corrected chi connectivity index (χ1v) is 14.4. The summed E-state index contributed by atoms with van der Waals surface area (Å²) in [5, 5.41) is 1.49. The highest BCUT2D eigenvalue weighted by Gasteiger charge is 2.45. The Balaban J connectivity index is 1.50. The Labute approximate surface area is 257 Å². The number of rotatable bonds is 7. The van der Waals surface area contributed by atoms with Crippen LogP contribution in [0.1, 0.15) is 44.5 Å². The van der Waals surface area contributed by atoms with E-state index < -0.39 is 54.3 Å². The molecule has 0 radical (unpaired) electrons. The van der Waals surface area contributed by atoms with Crippen molar-refractivity contribution >= 4 is 62.7 Å². The topological polar surface area (TPSA) is 146 Å². The molecular formula is C33H31N3O9. The Hall–Kier alpha value is -5.23. The van der Waals surface area contributed by atoms with Crippen LogP contribution in [0.4, 0.5) is 0 Å². The normalized spacial score (nSPS) is 21.9. The number of imide groups is 1. The van der Waals surface area contributed by atoms with E-state index in [4.69, 9.17) is 18.9 Å². The number of nitrogens with one attached hydrogen (secondary N) is 1. The number of likely N-dealkylation sites (N-methyl/N-ethyl adjacent to an activating group) is 1. The summed E-state index contributed by atoms with van der Waals surface area (Å²) in [4.78, 5) is 67.4. The average Bonchev–Trinajstić information content (AvgIpc) is 3.65. The van der Waals surface area contributed by atoms with Gasteiger partial charge in [-0.2, -0.15) is 0 Å². The predicted molar refractivity (Wildman–Crippen MR) is 161 cm³/mol. The van der Waals surface area contributed by atoms with Crippen molar-refractivity contribution in [2.75, 3.05) is 13.7 Å². The molecule has 2 aromatic carbocycles. The Morgan fingerprint density at radius 2 is 1.51 bits per heavy atom. The largest absolute Gasteiger partial charge is 0.463 e. The van der Waals surface area contributed by atoms with E-state index in [1.807, 2.05) is 48.5 Å². The van der Waals surface area contributed by atoms with Gasteiger partial charge in [0.2, 0.25) is 0 Å². The van der Waals surface area contributed by atoms with Crippen LogP contribution < -0.4 is 0 Å². The number of aromatic nitrogens is 2. The molecule has 4 aromatic rings. The number of amides is 2. The van der Waals surface area contributed by atoms with Crippen LogP contribution in [0.3, 0.4) is 0 Å². The highest BCUT2D eigenvalue weighted by molar-refractivity contribution is 6.50. The van der Waals surface area contributed by atoms with Gasteiger partial charge in [0.25, 0.3) is 11.8 Å². The maximum absolute atomic E-state index is 13.7. The summed E-state index contributed by atoms with van der Waals surface area (Å²) in [6.45, 7) is 3.45. The molecule has 1 fully saturated rings. The molecular weight excluding hydrogens is 582 g/mol. The van der Waals surface area contributed by atoms with E-state index in [2.05, 4.69) is 4.98 Å². The van der Waals surface area contributed by atoms with E-state index in [9.17, 15) is 24.0 Å². The van der Waals surface area contributed by atoms with Crippen molar-refractivity contribution < 1.29 is 42.9 Å².